The van der Waals surface area contributed by atoms with Gasteiger partial charge in [0.1, 0.15) is 11.5 Å². The number of carboxylic acid groups (broad SMARTS) is 1. The molecule has 3 N–H and O–H groups in total. The van der Waals surface area contributed by atoms with Gasteiger partial charge in [-0.1, -0.05) is 38.1 Å². The SMILES string of the molecule is CC(C)(c1ccc(O)cc1)c1ccc(O)cc1.CCOC(=O)O. The number of phenols is 2. The Balaban J connectivity index is 0.000000379. The third-order valence-corrected chi connectivity index (χ3v) is 3.45. The van der Waals surface area contributed by atoms with Crippen molar-refractivity contribution in [1.82, 2.24) is 0 Å². The normalized spacial score (nSPS) is 10.4. The average Bonchev–Trinajstić information content (AvgIpc) is 2.48. The molecule has 0 saturated carbocycles. The van der Waals surface area contributed by atoms with E-state index in [1.165, 1.54) is 0 Å². The zero-order chi connectivity index (χ0) is 17.5. The number of hydrogen-bond acceptors (Lipinski definition) is 4. The Bertz CT molecular complexity index is 567. The van der Waals surface area contributed by atoms with Crippen LogP contribution in [0.25, 0.3) is 0 Å². The van der Waals surface area contributed by atoms with E-state index in [0.29, 0.717) is 0 Å². The van der Waals surface area contributed by atoms with Crippen LogP contribution >= 0.6 is 0 Å². The molecule has 2 aromatic carbocycles. The predicted octanol–water partition coefficient (Wildman–Crippen LogP) is 4.12. The van der Waals surface area contributed by atoms with Crippen molar-refractivity contribution in [3.63, 3.8) is 0 Å². The molecule has 0 aliphatic heterocycles. The molecule has 5 nitrogen and oxygen atoms in total. The lowest BCUT2D eigenvalue weighted by Crippen LogP contribution is -2.18. The minimum atomic E-state index is -1.21. The molecule has 0 aliphatic rings. The molecular formula is C18H22O5. The minimum Gasteiger partial charge on any atom is -0.508 e. The van der Waals surface area contributed by atoms with Gasteiger partial charge in [-0.15, -0.1) is 0 Å². The molecule has 0 heterocycles. The summed E-state index contributed by atoms with van der Waals surface area (Å²) in [6.07, 6.45) is -1.21. The molecule has 0 unspecified atom stereocenters. The highest BCUT2D eigenvalue weighted by molar-refractivity contribution is 5.56. The first-order valence-corrected chi connectivity index (χ1v) is 7.22. The number of ether oxygens (including phenoxy) is 1. The van der Waals surface area contributed by atoms with Crippen molar-refractivity contribution < 1.29 is 24.9 Å². The summed E-state index contributed by atoms with van der Waals surface area (Å²) in [5.41, 5.74) is 2.10. The van der Waals surface area contributed by atoms with Crippen LogP contribution in [0.3, 0.4) is 0 Å². The second-order valence-electron chi connectivity index (χ2n) is 5.42. The molecule has 124 valence electrons. The fourth-order valence-corrected chi connectivity index (χ4v) is 2.05. The van der Waals surface area contributed by atoms with Crippen molar-refractivity contribution in [3.05, 3.63) is 59.7 Å². The second kappa shape index (κ2) is 8.08. The molecule has 2 aromatic rings. The van der Waals surface area contributed by atoms with E-state index in [4.69, 9.17) is 5.11 Å². The van der Waals surface area contributed by atoms with Crippen molar-refractivity contribution in [2.75, 3.05) is 6.61 Å². The van der Waals surface area contributed by atoms with Gasteiger partial charge in [0, 0.05) is 5.41 Å². The Morgan fingerprint density at radius 3 is 1.48 bits per heavy atom. The summed E-state index contributed by atoms with van der Waals surface area (Å²) < 4.78 is 3.96. The van der Waals surface area contributed by atoms with Crippen molar-refractivity contribution >= 4 is 6.16 Å². The summed E-state index contributed by atoms with van der Waals surface area (Å²) in [5.74, 6) is 0.547. The molecule has 0 aliphatic carbocycles. The first-order chi connectivity index (χ1) is 10.8. The fraction of sp³-hybridized carbons (Fsp3) is 0.278. The first kappa shape index (κ1) is 18.4. The molecule has 5 heteroatoms. The second-order valence-corrected chi connectivity index (χ2v) is 5.42. The van der Waals surface area contributed by atoms with E-state index in [1.54, 1.807) is 31.2 Å². The number of phenolic OH excluding ortho intramolecular Hbond substituents is 2. The third-order valence-electron chi connectivity index (χ3n) is 3.45. The summed E-state index contributed by atoms with van der Waals surface area (Å²) in [5, 5.41) is 26.3. The van der Waals surface area contributed by atoms with Gasteiger partial charge >= 0.3 is 6.16 Å². The minimum absolute atomic E-state index is 0.151. The smallest absolute Gasteiger partial charge is 0.505 e. The van der Waals surface area contributed by atoms with Crippen LogP contribution in [0.5, 0.6) is 11.5 Å². The van der Waals surface area contributed by atoms with E-state index < -0.39 is 6.16 Å². The molecule has 0 spiro atoms. The van der Waals surface area contributed by atoms with E-state index in [2.05, 4.69) is 18.6 Å². The zero-order valence-corrected chi connectivity index (χ0v) is 13.5. The van der Waals surface area contributed by atoms with Crippen LogP contribution in [0, 0.1) is 0 Å². The number of hydrogen-bond donors (Lipinski definition) is 3. The van der Waals surface area contributed by atoms with Crippen LogP contribution < -0.4 is 0 Å². The Morgan fingerprint density at radius 1 is 0.913 bits per heavy atom. The molecule has 0 atom stereocenters. The van der Waals surface area contributed by atoms with Crippen molar-refractivity contribution in [2.24, 2.45) is 0 Å². The summed E-state index contributed by atoms with van der Waals surface area (Å²) in [4.78, 5) is 9.38. The quantitative estimate of drug-likeness (QED) is 0.741. The molecule has 0 amide bonds. The van der Waals surface area contributed by atoms with E-state index in [1.807, 2.05) is 24.3 Å². The van der Waals surface area contributed by atoms with E-state index >= 15 is 0 Å². The number of rotatable bonds is 3. The van der Waals surface area contributed by atoms with Gasteiger partial charge in [0.05, 0.1) is 6.61 Å². The highest BCUT2D eigenvalue weighted by Crippen LogP contribution is 2.32. The van der Waals surface area contributed by atoms with Gasteiger partial charge in [0.15, 0.2) is 0 Å². The van der Waals surface area contributed by atoms with Crippen molar-refractivity contribution in [2.45, 2.75) is 26.2 Å². The van der Waals surface area contributed by atoms with Crippen LogP contribution in [-0.2, 0) is 10.2 Å². The molecule has 23 heavy (non-hydrogen) atoms. The summed E-state index contributed by atoms with van der Waals surface area (Å²) in [6, 6.07) is 14.4. The lowest BCUT2D eigenvalue weighted by molar-refractivity contribution is 0.0966. The molecular weight excluding hydrogens is 296 g/mol. The van der Waals surface area contributed by atoms with Crippen LogP contribution in [0.15, 0.2) is 48.5 Å². The monoisotopic (exact) mass is 318 g/mol. The largest absolute Gasteiger partial charge is 0.508 e. The first-order valence-electron chi connectivity index (χ1n) is 7.22. The van der Waals surface area contributed by atoms with Crippen LogP contribution in [0.1, 0.15) is 31.9 Å². The number of aromatic hydroxyl groups is 2. The lowest BCUT2D eigenvalue weighted by atomic mass is 9.78. The number of carbonyl (C=O) groups is 1. The zero-order valence-electron chi connectivity index (χ0n) is 13.5. The van der Waals surface area contributed by atoms with E-state index in [0.717, 1.165) is 11.1 Å². The maximum Gasteiger partial charge on any atom is 0.505 e. The molecule has 0 aromatic heterocycles. The molecule has 0 radical (unpaired) electrons. The van der Waals surface area contributed by atoms with Gasteiger partial charge in [0.25, 0.3) is 0 Å². The Kier molecular flexibility index (Phi) is 6.45. The van der Waals surface area contributed by atoms with Crippen LogP contribution in [-0.4, -0.2) is 28.1 Å². The van der Waals surface area contributed by atoms with E-state index in [9.17, 15) is 15.0 Å². The van der Waals surface area contributed by atoms with Crippen LogP contribution in [0.4, 0.5) is 4.79 Å². The van der Waals surface area contributed by atoms with Gasteiger partial charge in [-0.05, 0) is 42.3 Å². The summed E-state index contributed by atoms with van der Waals surface area (Å²) in [7, 11) is 0. The standard InChI is InChI=1S/C15H16O2.C3H6O3/c1-15(2,11-3-7-13(16)8-4-11)12-5-9-14(17)10-6-12;1-2-6-3(4)5/h3-10,16-17H,1-2H3;2H2,1H3,(H,4,5). The highest BCUT2D eigenvalue weighted by Gasteiger charge is 2.22. The number of benzene rings is 2. The Hall–Kier alpha value is -2.69. The van der Waals surface area contributed by atoms with E-state index in [-0.39, 0.29) is 23.5 Å². The van der Waals surface area contributed by atoms with Gasteiger partial charge in [-0.3, -0.25) is 0 Å². The fourth-order valence-electron chi connectivity index (χ4n) is 2.05. The van der Waals surface area contributed by atoms with Gasteiger partial charge in [-0.2, -0.15) is 0 Å². The van der Waals surface area contributed by atoms with Crippen LogP contribution in [0.2, 0.25) is 0 Å². The topological polar surface area (TPSA) is 87.0 Å². The maximum absolute atomic E-state index is 9.38. The van der Waals surface area contributed by atoms with Crippen molar-refractivity contribution in [1.29, 1.82) is 0 Å². The van der Waals surface area contributed by atoms with Crippen molar-refractivity contribution in [3.8, 4) is 11.5 Å². The lowest BCUT2D eigenvalue weighted by Gasteiger charge is -2.26. The molecule has 0 fully saturated rings. The molecule has 0 saturated heterocycles. The molecule has 2 rings (SSSR count). The summed E-state index contributed by atoms with van der Waals surface area (Å²) in [6.45, 7) is 6.08. The van der Waals surface area contributed by atoms with Gasteiger partial charge in [0.2, 0.25) is 0 Å². The molecule has 0 bridgehead atoms. The average molecular weight is 318 g/mol. The Labute approximate surface area is 135 Å². The Morgan fingerprint density at radius 2 is 1.26 bits per heavy atom. The van der Waals surface area contributed by atoms with Gasteiger partial charge in [-0.25, -0.2) is 4.79 Å². The third kappa shape index (κ3) is 5.54. The maximum atomic E-state index is 9.38. The highest BCUT2D eigenvalue weighted by atomic mass is 16.7. The summed E-state index contributed by atoms with van der Waals surface area (Å²) >= 11 is 0. The van der Waals surface area contributed by atoms with Gasteiger partial charge < -0.3 is 20.1 Å². The predicted molar refractivity (Wildman–Crippen MR) is 88.0 cm³/mol.